The van der Waals surface area contributed by atoms with Crippen LogP contribution in [-0.2, 0) is 9.59 Å². The lowest BCUT2D eigenvalue weighted by atomic mass is 10.2. The summed E-state index contributed by atoms with van der Waals surface area (Å²) >= 11 is 1.62. The molecular weight excluding hydrogens is 302 g/mol. The van der Waals surface area contributed by atoms with Crippen LogP contribution in [0.3, 0.4) is 0 Å². The minimum Gasteiger partial charge on any atom is -0.315 e. The highest BCUT2D eigenvalue weighted by molar-refractivity contribution is 8.01. The van der Waals surface area contributed by atoms with Crippen molar-refractivity contribution in [1.29, 1.82) is 0 Å². The molecule has 0 aliphatic carbocycles. The summed E-state index contributed by atoms with van der Waals surface area (Å²) in [5.41, 5.74) is 5.29. The van der Waals surface area contributed by atoms with Crippen molar-refractivity contribution in [2.75, 3.05) is 5.75 Å². The van der Waals surface area contributed by atoms with Crippen LogP contribution in [0.2, 0.25) is 0 Å². The quantitative estimate of drug-likeness (QED) is 0.794. The summed E-state index contributed by atoms with van der Waals surface area (Å²) in [7, 11) is 0. The Labute approximate surface area is 132 Å². The Hall–Kier alpha value is -2.02. The normalized spacial score (nSPS) is 26.7. The van der Waals surface area contributed by atoms with Crippen molar-refractivity contribution in [2.45, 2.75) is 30.7 Å². The average molecular weight is 319 g/mol. The van der Waals surface area contributed by atoms with Gasteiger partial charge in [0.25, 0.3) is 11.8 Å². The van der Waals surface area contributed by atoms with Crippen molar-refractivity contribution in [1.82, 2.24) is 15.8 Å². The van der Waals surface area contributed by atoms with Gasteiger partial charge in [0.2, 0.25) is 5.91 Å². The van der Waals surface area contributed by atoms with Gasteiger partial charge < -0.3 is 4.90 Å². The van der Waals surface area contributed by atoms with Crippen molar-refractivity contribution >= 4 is 29.5 Å². The largest absolute Gasteiger partial charge is 0.315 e. The van der Waals surface area contributed by atoms with Gasteiger partial charge in [0.05, 0.1) is 4.87 Å². The number of hydrazine groups is 1. The Kier molecular flexibility index (Phi) is 3.82. The molecule has 6 nitrogen and oxygen atoms in total. The molecule has 2 saturated heterocycles. The van der Waals surface area contributed by atoms with E-state index in [4.69, 9.17) is 0 Å². The first-order valence-electron chi connectivity index (χ1n) is 7.13. The number of hydrogen-bond donors (Lipinski definition) is 2. The maximum absolute atomic E-state index is 12.3. The molecule has 2 atom stereocenters. The zero-order valence-electron chi connectivity index (χ0n) is 12.2. The number of rotatable bonds is 2. The minimum atomic E-state index is -0.527. The van der Waals surface area contributed by atoms with Crippen molar-refractivity contribution < 1.29 is 14.4 Å². The third-order valence-corrected chi connectivity index (χ3v) is 5.59. The van der Waals surface area contributed by atoms with E-state index in [1.165, 1.54) is 0 Å². The van der Waals surface area contributed by atoms with Gasteiger partial charge in [0.1, 0.15) is 6.04 Å². The van der Waals surface area contributed by atoms with Crippen LogP contribution in [0.15, 0.2) is 30.3 Å². The van der Waals surface area contributed by atoms with Crippen LogP contribution in [0.5, 0.6) is 0 Å². The van der Waals surface area contributed by atoms with Crippen LogP contribution in [0, 0.1) is 0 Å². The monoisotopic (exact) mass is 319 g/mol. The smallest absolute Gasteiger partial charge is 0.269 e. The van der Waals surface area contributed by atoms with Crippen LogP contribution < -0.4 is 10.9 Å². The third-order valence-electron chi connectivity index (χ3n) is 4.08. The molecule has 3 rings (SSSR count). The number of amides is 3. The molecule has 116 valence electrons. The number of fused-ring (bicyclic) bond motifs is 1. The molecule has 3 amide bonds. The molecule has 0 unspecified atom stereocenters. The summed E-state index contributed by atoms with van der Waals surface area (Å²) in [5, 5.41) is 0. The molecule has 0 aromatic heterocycles. The zero-order chi connectivity index (χ0) is 15.7. The Morgan fingerprint density at radius 3 is 2.73 bits per heavy atom. The number of benzene rings is 1. The Morgan fingerprint density at radius 1 is 1.27 bits per heavy atom. The first kappa shape index (κ1) is 14.9. The van der Waals surface area contributed by atoms with Crippen LogP contribution >= 0.6 is 11.8 Å². The average Bonchev–Trinajstić information content (AvgIpc) is 3.02. The molecule has 1 aromatic carbocycles. The topological polar surface area (TPSA) is 78.5 Å². The third kappa shape index (κ3) is 2.56. The maximum Gasteiger partial charge on any atom is 0.269 e. The van der Waals surface area contributed by atoms with Crippen LogP contribution in [-0.4, -0.2) is 39.3 Å². The van der Waals surface area contributed by atoms with Gasteiger partial charge in [0, 0.05) is 17.7 Å². The minimum absolute atomic E-state index is 0.00189. The summed E-state index contributed by atoms with van der Waals surface area (Å²) < 4.78 is 0. The zero-order valence-corrected chi connectivity index (χ0v) is 13.0. The fourth-order valence-electron chi connectivity index (χ4n) is 2.88. The summed E-state index contributed by atoms with van der Waals surface area (Å²) in [6.07, 6.45) is 1.24. The van der Waals surface area contributed by atoms with Crippen LogP contribution in [0.1, 0.15) is 30.1 Å². The summed E-state index contributed by atoms with van der Waals surface area (Å²) in [6, 6.07) is 8.10. The van der Waals surface area contributed by atoms with Crippen molar-refractivity contribution in [3.8, 4) is 0 Å². The number of carbonyl (C=O) groups is 3. The standard InChI is InChI=1S/C15H17N3O3S/c1-15-8-7-12(19)18(15)11(9-22-15)14(21)17-16-13(20)10-5-3-2-4-6-10/h2-6,11H,7-9H2,1H3,(H,16,20)(H,17,21)/t11-,15-/m0/s1. The molecule has 2 aliphatic rings. The van der Waals surface area contributed by atoms with E-state index in [1.54, 1.807) is 40.9 Å². The van der Waals surface area contributed by atoms with Gasteiger partial charge in [-0.1, -0.05) is 18.2 Å². The van der Waals surface area contributed by atoms with Gasteiger partial charge >= 0.3 is 0 Å². The lowest BCUT2D eigenvalue weighted by Gasteiger charge is -2.29. The van der Waals surface area contributed by atoms with E-state index >= 15 is 0 Å². The van der Waals surface area contributed by atoms with E-state index in [0.717, 1.165) is 6.42 Å². The summed E-state index contributed by atoms with van der Waals surface area (Å²) in [6.45, 7) is 1.98. The van der Waals surface area contributed by atoms with Crippen molar-refractivity contribution in [3.05, 3.63) is 35.9 Å². The molecule has 2 aliphatic heterocycles. The first-order valence-corrected chi connectivity index (χ1v) is 8.11. The molecule has 1 aromatic rings. The molecule has 22 heavy (non-hydrogen) atoms. The predicted octanol–water partition coefficient (Wildman–Crippen LogP) is 0.902. The predicted molar refractivity (Wildman–Crippen MR) is 82.8 cm³/mol. The van der Waals surface area contributed by atoms with E-state index in [2.05, 4.69) is 10.9 Å². The van der Waals surface area contributed by atoms with Gasteiger partial charge in [-0.3, -0.25) is 25.2 Å². The van der Waals surface area contributed by atoms with Gasteiger partial charge in [-0.25, -0.2) is 0 Å². The second-order valence-corrected chi connectivity index (χ2v) is 7.08. The molecule has 2 heterocycles. The highest BCUT2D eigenvalue weighted by Crippen LogP contribution is 2.47. The number of thioether (sulfide) groups is 1. The van der Waals surface area contributed by atoms with E-state index in [-0.39, 0.29) is 22.6 Å². The molecule has 0 bridgehead atoms. The van der Waals surface area contributed by atoms with Crippen molar-refractivity contribution in [2.24, 2.45) is 0 Å². The molecule has 7 heteroatoms. The lowest BCUT2D eigenvalue weighted by molar-refractivity contribution is -0.138. The molecule has 0 spiro atoms. The van der Waals surface area contributed by atoms with Crippen LogP contribution in [0.4, 0.5) is 0 Å². The second kappa shape index (κ2) is 5.64. The van der Waals surface area contributed by atoms with Gasteiger partial charge in [-0.05, 0) is 25.5 Å². The first-order chi connectivity index (χ1) is 10.5. The number of nitrogens with one attached hydrogen (secondary N) is 2. The van der Waals surface area contributed by atoms with Crippen LogP contribution in [0.25, 0.3) is 0 Å². The Bertz CT molecular complexity index is 622. The lowest BCUT2D eigenvalue weighted by Crippen LogP contribution is -2.54. The Balaban J connectivity index is 1.61. The number of nitrogens with zero attached hydrogens (tertiary/aromatic N) is 1. The second-order valence-electron chi connectivity index (χ2n) is 5.57. The van der Waals surface area contributed by atoms with Crippen molar-refractivity contribution in [3.63, 3.8) is 0 Å². The maximum atomic E-state index is 12.3. The molecule has 0 saturated carbocycles. The van der Waals surface area contributed by atoms with Gasteiger partial charge in [-0.15, -0.1) is 11.8 Å². The molecule has 2 fully saturated rings. The Morgan fingerprint density at radius 2 is 2.00 bits per heavy atom. The molecule has 2 N–H and O–H groups in total. The highest BCUT2D eigenvalue weighted by atomic mass is 32.2. The summed E-state index contributed by atoms with van der Waals surface area (Å²) in [5.74, 6) is -0.178. The van der Waals surface area contributed by atoms with E-state index < -0.39 is 6.04 Å². The SMILES string of the molecule is C[C@]12CCC(=O)N1[C@H](C(=O)NNC(=O)c1ccccc1)CS2. The summed E-state index contributed by atoms with van der Waals surface area (Å²) in [4.78, 5) is 37.5. The highest BCUT2D eigenvalue weighted by Gasteiger charge is 2.52. The van der Waals surface area contributed by atoms with Gasteiger partial charge in [-0.2, -0.15) is 0 Å². The number of carbonyl (C=O) groups excluding carboxylic acids is 3. The molecular formula is C15H17N3O3S. The van der Waals surface area contributed by atoms with Gasteiger partial charge in [0.15, 0.2) is 0 Å². The number of hydrogen-bond acceptors (Lipinski definition) is 4. The van der Waals surface area contributed by atoms with E-state index in [1.807, 2.05) is 13.0 Å². The van der Waals surface area contributed by atoms with E-state index in [0.29, 0.717) is 17.7 Å². The fraction of sp³-hybridized carbons (Fsp3) is 0.400. The molecule has 0 radical (unpaired) electrons. The fourth-order valence-corrected chi connectivity index (χ4v) is 4.31. The van der Waals surface area contributed by atoms with E-state index in [9.17, 15) is 14.4 Å².